The summed E-state index contributed by atoms with van der Waals surface area (Å²) in [5.41, 5.74) is 1.73. The van der Waals surface area contributed by atoms with E-state index in [4.69, 9.17) is 0 Å². The monoisotopic (exact) mass is 307 g/mol. The zero-order chi connectivity index (χ0) is 15.2. The van der Waals surface area contributed by atoms with Crippen molar-refractivity contribution in [1.82, 2.24) is 10.2 Å². The fourth-order valence-electron chi connectivity index (χ4n) is 1.96. The standard InChI is InChI=1S/C15H18FN3OS/c1-19(2)14(11-7-8-21-10-11)9-17-15(20)18-13-5-3-12(16)4-6-13/h3-8,10,14H,9H2,1-2H3,(H2,17,18,20). The first-order valence-electron chi connectivity index (χ1n) is 6.55. The molecule has 0 aliphatic rings. The normalized spacial score (nSPS) is 12.2. The molecule has 0 radical (unpaired) electrons. The molecule has 1 unspecified atom stereocenters. The van der Waals surface area contributed by atoms with Gasteiger partial charge in [-0.05, 0) is 60.8 Å². The first-order chi connectivity index (χ1) is 10.1. The second kappa shape index (κ2) is 7.19. The molecule has 2 amide bonds. The van der Waals surface area contributed by atoms with Gasteiger partial charge in [0.1, 0.15) is 5.82 Å². The Bertz CT molecular complexity index is 569. The molecule has 6 heteroatoms. The topological polar surface area (TPSA) is 44.4 Å². The van der Waals surface area contributed by atoms with E-state index in [9.17, 15) is 9.18 Å². The van der Waals surface area contributed by atoms with E-state index < -0.39 is 0 Å². The Balaban J connectivity index is 1.89. The number of hydrogen-bond donors (Lipinski definition) is 2. The molecule has 112 valence electrons. The van der Waals surface area contributed by atoms with Crippen LogP contribution in [0.1, 0.15) is 11.6 Å². The first-order valence-corrected chi connectivity index (χ1v) is 7.49. The number of hydrogen-bond acceptors (Lipinski definition) is 3. The van der Waals surface area contributed by atoms with Crippen LogP contribution in [-0.2, 0) is 0 Å². The Morgan fingerprint density at radius 1 is 1.29 bits per heavy atom. The summed E-state index contributed by atoms with van der Waals surface area (Å²) in [5, 5.41) is 9.60. The van der Waals surface area contributed by atoms with Crippen LogP contribution in [0.5, 0.6) is 0 Å². The van der Waals surface area contributed by atoms with Crippen LogP contribution < -0.4 is 10.6 Å². The van der Waals surface area contributed by atoms with E-state index in [1.54, 1.807) is 11.3 Å². The summed E-state index contributed by atoms with van der Waals surface area (Å²) in [6.45, 7) is 0.497. The molecule has 2 aromatic rings. The van der Waals surface area contributed by atoms with Crippen molar-refractivity contribution in [2.24, 2.45) is 0 Å². The number of nitrogens with one attached hydrogen (secondary N) is 2. The van der Waals surface area contributed by atoms with Gasteiger partial charge in [0.25, 0.3) is 0 Å². The highest BCUT2D eigenvalue weighted by Gasteiger charge is 2.15. The number of anilines is 1. The minimum Gasteiger partial charge on any atom is -0.336 e. The van der Waals surface area contributed by atoms with Gasteiger partial charge < -0.3 is 15.5 Å². The molecule has 2 N–H and O–H groups in total. The molecule has 0 saturated carbocycles. The van der Waals surface area contributed by atoms with Gasteiger partial charge in [0, 0.05) is 12.2 Å². The Morgan fingerprint density at radius 3 is 2.57 bits per heavy atom. The van der Waals surface area contributed by atoms with Gasteiger partial charge in [-0.2, -0.15) is 11.3 Å². The summed E-state index contributed by atoms with van der Waals surface area (Å²) in [4.78, 5) is 13.9. The third-order valence-electron chi connectivity index (χ3n) is 3.11. The van der Waals surface area contributed by atoms with Crippen molar-refractivity contribution in [3.05, 3.63) is 52.5 Å². The molecule has 0 saturated heterocycles. The number of amides is 2. The second-order valence-corrected chi connectivity index (χ2v) is 5.66. The van der Waals surface area contributed by atoms with Crippen LogP contribution in [0.4, 0.5) is 14.9 Å². The predicted octanol–water partition coefficient (Wildman–Crippen LogP) is 3.31. The van der Waals surface area contributed by atoms with Crippen molar-refractivity contribution in [1.29, 1.82) is 0 Å². The average Bonchev–Trinajstić information content (AvgIpc) is 2.95. The third kappa shape index (κ3) is 4.54. The lowest BCUT2D eigenvalue weighted by Gasteiger charge is -2.24. The van der Waals surface area contributed by atoms with Crippen molar-refractivity contribution < 1.29 is 9.18 Å². The molecule has 0 fully saturated rings. The smallest absolute Gasteiger partial charge is 0.319 e. The third-order valence-corrected chi connectivity index (χ3v) is 3.81. The number of carbonyl (C=O) groups excluding carboxylic acids is 1. The Labute approximate surface area is 127 Å². The molecule has 0 spiro atoms. The molecule has 0 aliphatic heterocycles. The highest BCUT2D eigenvalue weighted by Crippen LogP contribution is 2.20. The van der Waals surface area contributed by atoms with E-state index >= 15 is 0 Å². The predicted molar refractivity (Wildman–Crippen MR) is 84.2 cm³/mol. The largest absolute Gasteiger partial charge is 0.336 e. The minimum absolute atomic E-state index is 0.121. The lowest BCUT2D eigenvalue weighted by molar-refractivity contribution is 0.243. The van der Waals surface area contributed by atoms with E-state index in [-0.39, 0.29) is 17.9 Å². The molecule has 0 bridgehead atoms. The summed E-state index contributed by atoms with van der Waals surface area (Å²) >= 11 is 1.63. The van der Waals surface area contributed by atoms with Crippen LogP contribution in [0, 0.1) is 5.82 Å². The molecule has 1 atom stereocenters. The highest BCUT2D eigenvalue weighted by molar-refractivity contribution is 7.07. The number of urea groups is 1. The molecular formula is C15H18FN3OS. The highest BCUT2D eigenvalue weighted by atomic mass is 32.1. The fourth-order valence-corrected chi connectivity index (χ4v) is 2.67. The van der Waals surface area contributed by atoms with Crippen LogP contribution in [0.2, 0.25) is 0 Å². The number of nitrogens with zero attached hydrogens (tertiary/aromatic N) is 1. The summed E-state index contributed by atoms with van der Waals surface area (Å²) < 4.78 is 12.8. The van der Waals surface area contributed by atoms with Crippen molar-refractivity contribution in [2.45, 2.75) is 6.04 Å². The van der Waals surface area contributed by atoms with Gasteiger partial charge in [0.2, 0.25) is 0 Å². The molecule has 0 aliphatic carbocycles. The SMILES string of the molecule is CN(C)C(CNC(=O)Nc1ccc(F)cc1)c1ccsc1. The second-order valence-electron chi connectivity index (χ2n) is 4.88. The molecule has 1 aromatic heterocycles. The van der Waals surface area contributed by atoms with Crippen molar-refractivity contribution in [2.75, 3.05) is 26.0 Å². The minimum atomic E-state index is -0.328. The maximum atomic E-state index is 12.8. The first kappa shape index (κ1) is 15.5. The number of halogens is 1. The van der Waals surface area contributed by atoms with Gasteiger partial charge in [-0.1, -0.05) is 0 Å². The van der Waals surface area contributed by atoms with E-state index in [0.29, 0.717) is 12.2 Å². The summed E-state index contributed by atoms with van der Waals surface area (Å²) in [6.07, 6.45) is 0. The average molecular weight is 307 g/mol. The number of likely N-dealkylation sites (N-methyl/N-ethyl adjacent to an activating group) is 1. The van der Waals surface area contributed by atoms with E-state index in [2.05, 4.69) is 27.0 Å². The van der Waals surface area contributed by atoms with Gasteiger partial charge in [-0.25, -0.2) is 9.18 Å². The quantitative estimate of drug-likeness (QED) is 0.890. The van der Waals surface area contributed by atoms with Crippen molar-refractivity contribution in [3.8, 4) is 0 Å². The van der Waals surface area contributed by atoms with Crippen LogP contribution in [0.25, 0.3) is 0 Å². The van der Waals surface area contributed by atoms with Gasteiger partial charge in [0.05, 0.1) is 6.04 Å². The number of thiophene rings is 1. The van der Waals surface area contributed by atoms with E-state index in [0.717, 1.165) is 0 Å². The Morgan fingerprint density at radius 2 is 2.00 bits per heavy atom. The zero-order valence-corrected chi connectivity index (χ0v) is 12.8. The van der Waals surface area contributed by atoms with Crippen LogP contribution in [0.3, 0.4) is 0 Å². The Kier molecular flexibility index (Phi) is 5.30. The van der Waals surface area contributed by atoms with Crippen LogP contribution >= 0.6 is 11.3 Å². The summed E-state index contributed by atoms with van der Waals surface area (Å²) in [5.74, 6) is -0.328. The molecule has 21 heavy (non-hydrogen) atoms. The van der Waals surface area contributed by atoms with Crippen LogP contribution in [0.15, 0.2) is 41.1 Å². The van der Waals surface area contributed by atoms with Gasteiger partial charge in [0.15, 0.2) is 0 Å². The summed E-state index contributed by atoms with van der Waals surface area (Å²) in [6, 6.07) is 7.54. The van der Waals surface area contributed by atoms with Crippen molar-refractivity contribution >= 4 is 23.1 Å². The number of benzene rings is 1. The summed E-state index contributed by atoms with van der Waals surface area (Å²) in [7, 11) is 3.95. The maximum Gasteiger partial charge on any atom is 0.319 e. The zero-order valence-electron chi connectivity index (χ0n) is 12.0. The lowest BCUT2D eigenvalue weighted by Crippen LogP contribution is -2.36. The number of carbonyl (C=O) groups is 1. The molecular weight excluding hydrogens is 289 g/mol. The fraction of sp³-hybridized carbons (Fsp3) is 0.267. The van der Waals surface area contributed by atoms with Gasteiger partial charge in [-0.15, -0.1) is 0 Å². The lowest BCUT2D eigenvalue weighted by atomic mass is 10.1. The van der Waals surface area contributed by atoms with E-state index in [1.807, 2.05) is 19.5 Å². The molecule has 2 rings (SSSR count). The number of rotatable bonds is 5. The molecule has 1 aromatic carbocycles. The molecule has 1 heterocycles. The van der Waals surface area contributed by atoms with Crippen molar-refractivity contribution in [3.63, 3.8) is 0 Å². The Hall–Kier alpha value is -1.92. The molecule has 4 nitrogen and oxygen atoms in total. The van der Waals surface area contributed by atoms with Crippen LogP contribution in [-0.4, -0.2) is 31.6 Å². The van der Waals surface area contributed by atoms with Gasteiger partial charge in [-0.3, -0.25) is 0 Å². The van der Waals surface area contributed by atoms with E-state index in [1.165, 1.54) is 29.8 Å². The van der Waals surface area contributed by atoms with Gasteiger partial charge >= 0.3 is 6.03 Å². The maximum absolute atomic E-state index is 12.8.